The van der Waals surface area contributed by atoms with Crippen molar-refractivity contribution < 1.29 is 18.7 Å². The zero-order valence-corrected chi connectivity index (χ0v) is 25.3. The molecule has 3 fully saturated rings. The first kappa shape index (κ1) is 26.7. The predicted molar refractivity (Wildman–Crippen MR) is 169 cm³/mol. The van der Waals surface area contributed by atoms with Crippen molar-refractivity contribution in [2.45, 2.75) is 51.1 Å². The number of methoxy groups -OCH3 is 1. The number of hydrogen-bond donors (Lipinski definition) is 1. The van der Waals surface area contributed by atoms with E-state index in [1.807, 2.05) is 46.8 Å². The van der Waals surface area contributed by atoms with Crippen molar-refractivity contribution in [3.05, 3.63) is 59.4 Å². The molecule has 2 aliphatic carbocycles. The summed E-state index contributed by atoms with van der Waals surface area (Å²) in [4.78, 5) is 37.7. The van der Waals surface area contributed by atoms with E-state index >= 15 is 0 Å². The Bertz CT molecular complexity index is 2090. The fourth-order valence-corrected chi connectivity index (χ4v) is 7.82. The number of nitrogens with one attached hydrogen (secondary N) is 1. The Labute approximate surface area is 259 Å². The molecule has 4 aliphatic rings. The number of nitrogens with zero attached hydrogens (tertiary/aromatic N) is 5. The van der Waals surface area contributed by atoms with Crippen LogP contribution in [0, 0.1) is 17.7 Å². The van der Waals surface area contributed by atoms with E-state index in [1.165, 1.54) is 12.5 Å². The molecule has 10 heteroatoms. The fraction of sp³-hybridized carbons (Fsp3) is 0.371. The third kappa shape index (κ3) is 4.18. The van der Waals surface area contributed by atoms with Gasteiger partial charge >= 0.3 is 0 Å². The second kappa shape index (κ2) is 9.63. The molecule has 1 saturated heterocycles. The van der Waals surface area contributed by atoms with Crippen molar-refractivity contribution in [1.82, 2.24) is 24.0 Å². The van der Waals surface area contributed by atoms with E-state index in [-0.39, 0.29) is 23.9 Å². The molecule has 2 bridgehead atoms. The van der Waals surface area contributed by atoms with E-state index in [0.29, 0.717) is 51.5 Å². The fourth-order valence-electron chi connectivity index (χ4n) is 7.82. The summed E-state index contributed by atoms with van der Waals surface area (Å²) in [6.45, 7) is 1.63. The Morgan fingerprint density at radius 2 is 1.96 bits per heavy atom. The summed E-state index contributed by atoms with van der Waals surface area (Å²) in [5.74, 6) is 1.97. The summed E-state index contributed by atoms with van der Waals surface area (Å²) in [7, 11) is 3.62. The summed E-state index contributed by atoms with van der Waals surface area (Å²) in [6, 6.07) is 13.4. The molecule has 2 unspecified atom stereocenters. The van der Waals surface area contributed by atoms with E-state index in [2.05, 4.69) is 16.0 Å². The van der Waals surface area contributed by atoms with Crippen LogP contribution in [-0.4, -0.2) is 55.5 Å². The quantitative estimate of drug-likeness (QED) is 0.259. The number of rotatable bonds is 6. The number of pyridine rings is 1. The van der Waals surface area contributed by atoms with Gasteiger partial charge < -0.3 is 24.1 Å². The van der Waals surface area contributed by atoms with Crippen LogP contribution in [0.2, 0.25) is 0 Å². The van der Waals surface area contributed by atoms with Gasteiger partial charge in [0.1, 0.15) is 22.7 Å². The van der Waals surface area contributed by atoms with Crippen LogP contribution >= 0.6 is 0 Å². The lowest BCUT2D eigenvalue weighted by Crippen LogP contribution is -2.37. The number of ether oxygens (including phenoxy) is 1. The van der Waals surface area contributed by atoms with E-state index in [9.17, 15) is 14.0 Å². The number of likely N-dealkylation sites (tertiary alicyclic amines) is 1. The number of aromatic nitrogens is 4. The highest BCUT2D eigenvalue weighted by Crippen LogP contribution is 2.41. The molecular formula is C35H33FN6O3. The Kier molecular flexibility index (Phi) is 5.71. The zero-order chi connectivity index (χ0) is 30.6. The van der Waals surface area contributed by atoms with Gasteiger partial charge in [0.2, 0.25) is 5.91 Å². The Balaban J connectivity index is 1.16. The number of halogens is 1. The predicted octanol–water partition coefficient (Wildman–Crippen LogP) is 5.93. The summed E-state index contributed by atoms with van der Waals surface area (Å²) in [6.07, 6.45) is 5.90. The van der Waals surface area contributed by atoms with Crippen LogP contribution in [-0.2, 0) is 24.8 Å². The van der Waals surface area contributed by atoms with Gasteiger partial charge in [-0.3, -0.25) is 9.59 Å². The number of carbonyl (C=O) groups excluding carboxylic acids is 2. The van der Waals surface area contributed by atoms with Crippen molar-refractivity contribution in [1.29, 1.82) is 0 Å². The zero-order valence-electron chi connectivity index (χ0n) is 25.3. The van der Waals surface area contributed by atoms with Crippen molar-refractivity contribution in [2.24, 2.45) is 18.9 Å². The topological polar surface area (TPSA) is 94.3 Å². The minimum atomic E-state index is -0.451. The first-order valence-corrected chi connectivity index (χ1v) is 15.8. The lowest BCUT2D eigenvalue weighted by Gasteiger charge is -2.27. The third-order valence-corrected chi connectivity index (χ3v) is 10.3. The van der Waals surface area contributed by atoms with Crippen molar-refractivity contribution in [3.8, 4) is 28.5 Å². The molecule has 1 N–H and O–H groups in total. The SMILES string of the molecule is COc1cc(C(=O)N2CC3CCC2C3)cc2nc(-c3cc4ccc(-c5cc(F)c6c(c5)CC(=O)N6)nc4n3CC3CC3)n(C)c12. The molecule has 2 amide bonds. The summed E-state index contributed by atoms with van der Waals surface area (Å²) in [5, 5.41) is 3.57. The summed E-state index contributed by atoms with van der Waals surface area (Å²) >= 11 is 0. The van der Waals surface area contributed by atoms with Crippen LogP contribution in [0.15, 0.2) is 42.5 Å². The van der Waals surface area contributed by atoms with Gasteiger partial charge in [-0.25, -0.2) is 14.4 Å². The monoisotopic (exact) mass is 604 g/mol. The Morgan fingerprint density at radius 1 is 1.09 bits per heavy atom. The number of piperidine rings is 1. The average molecular weight is 605 g/mol. The minimum Gasteiger partial charge on any atom is -0.494 e. The van der Waals surface area contributed by atoms with E-state index in [1.54, 1.807) is 7.11 Å². The van der Waals surface area contributed by atoms with Gasteiger partial charge in [0.15, 0.2) is 5.82 Å². The molecule has 0 radical (unpaired) electrons. The van der Waals surface area contributed by atoms with Crippen LogP contribution in [0.5, 0.6) is 5.75 Å². The summed E-state index contributed by atoms with van der Waals surface area (Å²) < 4.78 is 25.0. The lowest BCUT2D eigenvalue weighted by molar-refractivity contribution is -0.115. The number of fused-ring (bicyclic) bond motifs is 5. The first-order valence-electron chi connectivity index (χ1n) is 15.8. The molecule has 45 heavy (non-hydrogen) atoms. The number of aryl methyl sites for hydroxylation is 1. The lowest BCUT2D eigenvalue weighted by atomic mass is 10.0. The van der Waals surface area contributed by atoms with Gasteiger partial charge in [-0.1, -0.05) is 0 Å². The van der Waals surface area contributed by atoms with Gasteiger partial charge in [-0.05, 0) is 92.0 Å². The molecule has 2 atom stereocenters. The molecule has 228 valence electrons. The highest BCUT2D eigenvalue weighted by Gasteiger charge is 2.40. The molecule has 0 spiro atoms. The molecule has 2 aliphatic heterocycles. The molecule has 2 saturated carbocycles. The van der Waals surface area contributed by atoms with Crippen LogP contribution in [0.1, 0.15) is 48.0 Å². The van der Waals surface area contributed by atoms with Crippen LogP contribution < -0.4 is 10.1 Å². The molecule has 9 nitrogen and oxygen atoms in total. The number of imidazole rings is 1. The van der Waals surface area contributed by atoms with Gasteiger partial charge in [0.25, 0.3) is 5.91 Å². The van der Waals surface area contributed by atoms with E-state index < -0.39 is 5.82 Å². The standard InChI is InChI=1S/C35H33FN6O3/c1-40-32-27(12-23(14-29(32)45-2)35(44)41-17-19-5-7-24(41)9-19)38-34(40)28-13-20-6-8-26(37-33(20)42(28)16-18-3-4-18)21-10-22-15-30(43)39-31(22)25(36)11-21/h6,8,10-14,18-19,24H,3-5,7,9,15-17H2,1-2H3,(H,39,43). The largest absolute Gasteiger partial charge is 0.494 e. The molecule has 9 rings (SSSR count). The minimum absolute atomic E-state index is 0.0531. The summed E-state index contributed by atoms with van der Waals surface area (Å²) in [5.41, 5.74) is 6.10. The number of hydrogen-bond acceptors (Lipinski definition) is 5. The maximum absolute atomic E-state index is 14.9. The van der Waals surface area contributed by atoms with E-state index in [4.69, 9.17) is 14.7 Å². The van der Waals surface area contributed by atoms with Crippen LogP contribution in [0.25, 0.3) is 44.8 Å². The Morgan fingerprint density at radius 3 is 2.71 bits per heavy atom. The molecule has 5 aromatic rings. The second-order valence-corrected chi connectivity index (χ2v) is 13.2. The first-order chi connectivity index (χ1) is 21.8. The number of benzene rings is 2. The van der Waals surface area contributed by atoms with Crippen LogP contribution in [0.3, 0.4) is 0 Å². The number of anilines is 1. The molecular weight excluding hydrogens is 571 g/mol. The van der Waals surface area contributed by atoms with Gasteiger partial charge in [0.05, 0.1) is 36.1 Å². The molecule has 2 aromatic carbocycles. The van der Waals surface area contributed by atoms with Gasteiger partial charge in [-0.2, -0.15) is 0 Å². The maximum atomic E-state index is 14.9. The second-order valence-electron chi connectivity index (χ2n) is 13.2. The van der Waals surface area contributed by atoms with E-state index in [0.717, 1.165) is 66.8 Å². The van der Waals surface area contributed by atoms with Crippen LogP contribution in [0.4, 0.5) is 10.1 Å². The maximum Gasteiger partial charge on any atom is 0.254 e. The highest BCUT2D eigenvalue weighted by molar-refractivity contribution is 6.01. The van der Waals surface area contributed by atoms with Gasteiger partial charge in [-0.15, -0.1) is 0 Å². The smallest absolute Gasteiger partial charge is 0.254 e. The average Bonchev–Trinajstić information content (AvgIpc) is 3.41. The van der Waals surface area contributed by atoms with Crippen molar-refractivity contribution in [3.63, 3.8) is 0 Å². The molecule has 5 heterocycles. The molecule has 3 aromatic heterocycles. The highest BCUT2D eigenvalue weighted by atomic mass is 19.1. The normalized spacial score (nSPS) is 20.4. The number of carbonyl (C=O) groups is 2. The Hall–Kier alpha value is -4.73. The van der Waals surface area contributed by atoms with Crippen molar-refractivity contribution in [2.75, 3.05) is 19.0 Å². The van der Waals surface area contributed by atoms with Gasteiger partial charge in [0, 0.05) is 42.7 Å². The number of amides is 2. The third-order valence-electron chi connectivity index (χ3n) is 10.3. The van der Waals surface area contributed by atoms with Crippen molar-refractivity contribution >= 4 is 39.6 Å².